The SMILES string of the molecule is C[C@@H]1CC(=O)Nc2ccccc2N1C(=O)CN(C)c1ccc(C#N)cn1. The number of para-hydroxylation sites is 2. The fourth-order valence-corrected chi connectivity index (χ4v) is 3.01. The number of pyridine rings is 1. The Morgan fingerprint density at radius 1 is 1.38 bits per heavy atom. The number of amides is 2. The van der Waals surface area contributed by atoms with Gasteiger partial charge in [0, 0.05) is 25.7 Å². The molecular formula is C19H19N5O2. The molecule has 132 valence electrons. The topological polar surface area (TPSA) is 89.3 Å². The van der Waals surface area contributed by atoms with Crippen LogP contribution in [0.2, 0.25) is 0 Å². The molecule has 1 aliphatic rings. The Labute approximate surface area is 151 Å². The first kappa shape index (κ1) is 17.4. The summed E-state index contributed by atoms with van der Waals surface area (Å²) in [5.74, 6) is 0.361. The zero-order chi connectivity index (χ0) is 18.7. The summed E-state index contributed by atoms with van der Waals surface area (Å²) >= 11 is 0. The number of rotatable bonds is 3. The van der Waals surface area contributed by atoms with E-state index in [4.69, 9.17) is 5.26 Å². The molecule has 7 nitrogen and oxygen atoms in total. The van der Waals surface area contributed by atoms with Gasteiger partial charge in [-0.15, -0.1) is 0 Å². The molecule has 0 bridgehead atoms. The minimum atomic E-state index is -0.256. The maximum atomic E-state index is 13.0. The van der Waals surface area contributed by atoms with E-state index in [0.717, 1.165) is 0 Å². The zero-order valence-electron chi connectivity index (χ0n) is 14.6. The summed E-state index contributed by atoms with van der Waals surface area (Å²) in [4.78, 5) is 32.6. The molecular weight excluding hydrogens is 330 g/mol. The van der Waals surface area contributed by atoms with Gasteiger partial charge in [0.05, 0.1) is 23.5 Å². The van der Waals surface area contributed by atoms with Gasteiger partial charge in [0.15, 0.2) is 0 Å². The third kappa shape index (κ3) is 3.49. The van der Waals surface area contributed by atoms with Crippen molar-refractivity contribution in [3.05, 3.63) is 48.2 Å². The summed E-state index contributed by atoms with van der Waals surface area (Å²) in [5, 5.41) is 11.7. The van der Waals surface area contributed by atoms with Crippen molar-refractivity contribution in [2.75, 3.05) is 28.7 Å². The van der Waals surface area contributed by atoms with Crippen molar-refractivity contribution >= 4 is 29.0 Å². The predicted octanol–water partition coefficient (Wildman–Crippen LogP) is 2.15. The van der Waals surface area contributed by atoms with Gasteiger partial charge >= 0.3 is 0 Å². The van der Waals surface area contributed by atoms with Crippen molar-refractivity contribution in [2.24, 2.45) is 0 Å². The molecule has 2 heterocycles. The van der Waals surface area contributed by atoms with Gasteiger partial charge < -0.3 is 15.1 Å². The Balaban J connectivity index is 1.83. The van der Waals surface area contributed by atoms with Crippen LogP contribution in [0.1, 0.15) is 18.9 Å². The third-order valence-electron chi connectivity index (χ3n) is 4.27. The molecule has 0 spiro atoms. The molecule has 1 aliphatic heterocycles. The Hall–Kier alpha value is -3.40. The van der Waals surface area contributed by atoms with E-state index in [0.29, 0.717) is 22.8 Å². The number of hydrogen-bond acceptors (Lipinski definition) is 5. The highest BCUT2D eigenvalue weighted by atomic mass is 16.2. The van der Waals surface area contributed by atoms with Crippen molar-refractivity contribution in [2.45, 2.75) is 19.4 Å². The predicted molar refractivity (Wildman–Crippen MR) is 98.9 cm³/mol. The van der Waals surface area contributed by atoms with Gasteiger partial charge in [0.2, 0.25) is 11.8 Å². The van der Waals surface area contributed by atoms with Crippen LogP contribution in [0.3, 0.4) is 0 Å². The number of carbonyl (C=O) groups is 2. The summed E-state index contributed by atoms with van der Waals surface area (Å²) in [6, 6.07) is 12.4. The van der Waals surface area contributed by atoms with E-state index in [1.807, 2.05) is 31.2 Å². The largest absolute Gasteiger partial charge is 0.350 e. The molecule has 7 heteroatoms. The first-order chi connectivity index (χ1) is 12.5. The molecule has 1 atom stereocenters. The highest BCUT2D eigenvalue weighted by molar-refractivity contribution is 6.05. The van der Waals surface area contributed by atoms with Crippen LogP contribution in [0.15, 0.2) is 42.6 Å². The van der Waals surface area contributed by atoms with Crippen molar-refractivity contribution in [1.29, 1.82) is 5.26 Å². The molecule has 0 fully saturated rings. The molecule has 1 aromatic carbocycles. The van der Waals surface area contributed by atoms with E-state index in [2.05, 4.69) is 10.3 Å². The Morgan fingerprint density at radius 3 is 2.85 bits per heavy atom. The first-order valence-corrected chi connectivity index (χ1v) is 8.28. The lowest BCUT2D eigenvalue weighted by molar-refractivity contribution is -0.118. The van der Waals surface area contributed by atoms with Gasteiger partial charge in [-0.2, -0.15) is 5.26 Å². The van der Waals surface area contributed by atoms with Crippen LogP contribution in [0.5, 0.6) is 0 Å². The Morgan fingerprint density at radius 2 is 2.15 bits per heavy atom. The maximum absolute atomic E-state index is 13.0. The number of hydrogen-bond donors (Lipinski definition) is 1. The quantitative estimate of drug-likeness (QED) is 0.917. The van der Waals surface area contributed by atoms with Crippen LogP contribution in [0, 0.1) is 11.3 Å². The van der Waals surface area contributed by atoms with Crippen molar-refractivity contribution in [1.82, 2.24) is 4.98 Å². The minimum absolute atomic E-state index is 0.103. The number of aromatic nitrogens is 1. The molecule has 0 saturated heterocycles. The average molecular weight is 349 g/mol. The number of nitriles is 1. The lowest BCUT2D eigenvalue weighted by atomic mass is 10.1. The lowest BCUT2D eigenvalue weighted by Gasteiger charge is -2.30. The van der Waals surface area contributed by atoms with Crippen LogP contribution in [-0.4, -0.2) is 36.4 Å². The van der Waals surface area contributed by atoms with Crippen LogP contribution < -0.4 is 15.1 Å². The molecule has 26 heavy (non-hydrogen) atoms. The molecule has 2 aromatic rings. The summed E-state index contributed by atoms with van der Waals surface area (Å²) in [6.07, 6.45) is 1.71. The number of nitrogens with zero attached hydrogens (tertiary/aromatic N) is 4. The average Bonchev–Trinajstić information content (AvgIpc) is 2.75. The summed E-state index contributed by atoms with van der Waals surface area (Å²) in [7, 11) is 1.77. The number of nitrogens with one attached hydrogen (secondary N) is 1. The van der Waals surface area contributed by atoms with E-state index in [1.165, 1.54) is 6.20 Å². The summed E-state index contributed by atoms with van der Waals surface area (Å²) in [6.45, 7) is 1.96. The summed E-state index contributed by atoms with van der Waals surface area (Å²) in [5.41, 5.74) is 1.79. The van der Waals surface area contributed by atoms with E-state index in [1.54, 1.807) is 35.0 Å². The molecule has 1 N–H and O–H groups in total. The second-order valence-corrected chi connectivity index (χ2v) is 6.26. The fraction of sp³-hybridized carbons (Fsp3) is 0.263. The molecule has 1 aromatic heterocycles. The zero-order valence-corrected chi connectivity index (χ0v) is 14.6. The van der Waals surface area contributed by atoms with Gasteiger partial charge in [0.25, 0.3) is 0 Å². The Bertz CT molecular complexity index is 872. The number of likely N-dealkylation sites (N-methyl/N-ethyl adjacent to an activating group) is 1. The van der Waals surface area contributed by atoms with Gasteiger partial charge in [-0.3, -0.25) is 9.59 Å². The highest BCUT2D eigenvalue weighted by Gasteiger charge is 2.30. The number of benzene rings is 1. The normalized spacial score (nSPS) is 16.1. The maximum Gasteiger partial charge on any atom is 0.246 e. The number of carbonyl (C=O) groups excluding carboxylic acids is 2. The molecule has 0 aliphatic carbocycles. The van der Waals surface area contributed by atoms with Crippen molar-refractivity contribution < 1.29 is 9.59 Å². The monoisotopic (exact) mass is 349 g/mol. The van der Waals surface area contributed by atoms with Gasteiger partial charge in [-0.25, -0.2) is 4.98 Å². The van der Waals surface area contributed by atoms with Gasteiger partial charge in [-0.05, 0) is 31.2 Å². The van der Waals surface area contributed by atoms with Gasteiger partial charge in [-0.1, -0.05) is 12.1 Å². The molecule has 0 saturated carbocycles. The smallest absolute Gasteiger partial charge is 0.246 e. The summed E-state index contributed by atoms with van der Waals surface area (Å²) < 4.78 is 0. The van der Waals surface area contributed by atoms with E-state index >= 15 is 0 Å². The van der Waals surface area contributed by atoms with Crippen LogP contribution >= 0.6 is 0 Å². The second-order valence-electron chi connectivity index (χ2n) is 6.26. The van der Waals surface area contributed by atoms with E-state index < -0.39 is 0 Å². The van der Waals surface area contributed by atoms with E-state index in [9.17, 15) is 9.59 Å². The highest BCUT2D eigenvalue weighted by Crippen LogP contribution is 2.31. The Kier molecular flexibility index (Phi) is 4.85. The van der Waals surface area contributed by atoms with Gasteiger partial charge in [0.1, 0.15) is 11.9 Å². The third-order valence-corrected chi connectivity index (χ3v) is 4.27. The standard InChI is InChI=1S/C19H19N5O2/c1-13-9-18(25)22-15-5-3-4-6-16(15)24(13)19(26)12-23(2)17-8-7-14(10-20)11-21-17/h3-8,11,13H,9,12H2,1-2H3,(H,22,25)/t13-/m1/s1. The van der Waals surface area contributed by atoms with E-state index in [-0.39, 0.29) is 30.8 Å². The van der Waals surface area contributed by atoms with Crippen molar-refractivity contribution in [3.63, 3.8) is 0 Å². The minimum Gasteiger partial charge on any atom is -0.350 e. The van der Waals surface area contributed by atoms with Crippen molar-refractivity contribution in [3.8, 4) is 6.07 Å². The lowest BCUT2D eigenvalue weighted by Crippen LogP contribution is -2.44. The van der Waals surface area contributed by atoms with Crippen LogP contribution in [0.4, 0.5) is 17.2 Å². The molecule has 3 rings (SSSR count). The van der Waals surface area contributed by atoms with Crippen LogP contribution in [-0.2, 0) is 9.59 Å². The molecule has 0 unspecified atom stereocenters. The molecule has 2 amide bonds. The first-order valence-electron chi connectivity index (χ1n) is 8.28. The fourth-order valence-electron chi connectivity index (χ4n) is 3.01. The van der Waals surface area contributed by atoms with Crippen LogP contribution in [0.25, 0.3) is 0 Å². The number of anilines is 3. The number of fused-ring (bicyclic) bond motifs is 1. The molecule has 0 radical (unpaired) electrons. The second kappa shape index (κ2) is 7.23.